The molecule has 0 bridgehead atoms. The number of carbonyl (C=O) groups is 1. The topological polar surface area (TPSA) is 78.7 Å². The minimum Gasteiger partial charge on any atom is -0.497 e. The predicted octanol–water partition coefficient (Wildman–Crippen LogP) is 4.52. The number of ether oxygens (including phenoxy) is 3. The van der Waals surface area contributed by atoms with Crippen LogP contribution in [0.1, 0.15) is 25.3 Å². The Balaban J connectivity index is 1.71. The molecule has 0 N–H and O–H groups in total. The Morgan fingerprint density at radius 3 is 2.44 bits per heavy atom. The molecule has 0 aliphatic heterocycles. The second-order valence-electron chi connectivity index (χ2n) is 7.73. The average Bonchev–Trinajstić information content (AvgIpc) is 3.28. The first kappa shape index (κ1) is 25.4. The lowest BCUT2D eigenvalue weighted by molar-refractivity contribution is -0.127. The Bertz CT molecular complexity index is 1090. The van der Waals surface area contributed by atoms with Crippen LogP contribution in [0.2, 0.25) is 0 Å². The number of benzene rings is 2. The number of carbonyl (C=O) groups excluding carboxylic acids is 1. The number of rotatable bonds is 12. The van der Waals surface area contributed by atoms with Gasteiger partial charge in [0, 0.05) is 31.3 Å². The van der Waals surface area contributed by atoms with Crippen molar-refractivity contribution in [3.63, 3.8) is 0 Å². The van der Waals surface area contributed by atoms with Crippen molar-refractivity contribution in [1.29, 1.82) is 0 Å². The SMILES string of the molecule is CCCCn1c(SCC(=O)N(C)Cc2cccc(OC)c2OC)nnc1-c1ccc(OC)cc1. The molecule has 182 valence electrons. The third-order valence-corrected chi connectivity index (χ3v) is 6.39. The van der Waals surface area contributed by atoms with Crippen molar-refractivity contribution in [2.45, 2.75) is 38.0 Å². The van der Waals surface area contributed by atoms with Crippen LogP contribution in [0, 0.1) is 0 Å². The monoisotopic (exact) mass is 484 g/mol. The summed E-state index contributed by atoms with van der Waals surface area (Å²) < 4.78 is 18.2. The van der Waals surface area contributed by atoms with E-state index >= 15 is 0 Å². The highest BCUT2D eigenvalue weighted by molar-refractivity contribution is 7.99. The molecule has 1 heterocycles. The summed E-state index contributed by atoms with van der Waals surface area (Å²) in [6, 6.07) is 13.4. The van der Waals surface area contributed by atoms with Crippen molar-refractivity contribution < 1.29 is 19.0 Å². The number of para-hydroxylation sites is 1. The zero-order valence-electron chi connectivity index (χ0n) is 20.4. The van der Waals surface area contributed by atoms with Gasteiger partial charge in [-0.3, -0.25) is 4.79 Å². The van der Waals surface area contributed by atoms with Gasteiger partial charge in [-0.2, -0.15) is 0 Å². The number of unbranched alkanes of at least 4 members (excludes halogenated alkanes) is 1. The number of methoxy groups -OCH3 is 3. The van der Waals surface area contributed by atoms with Crippen molar-refractivity contribution in [1.82, 2.24) is 19.7 Å². The van der Waals surface area contributed by atoms with Crippen LogP contribution in [0.15, 0.2) is 47.6 Å². The van der Waals surface area contributed by atoms with Gasteiger partial charge < -0.3 is 23.7 Å². The van der Waals surface area contributed by atoms with Crippen LogP contribution in [-0.4, -0.2) is 59.7 Å². The van der Waals surface area contributed by atoms with Crippen molar-refractivity contribution in [3.05, 3.63) is 48.0 Å². The van der Waals surface area contributed by atoms with E-state index in [2.05, 4.69) is 21.7 Å². The maximum atomic E-state index is 12.9. The van der Waals surface area contributed by atoms with Gasteiger partial charge in [-0.15, -0.1) is 10.2 Å². The van der Waals surface area contributed by atoms with Crippen LogP contribution in [0.25, 0.3) is 11.4 Å². The second-order valence-corrected chi connectivity index (χ2v) is 8.67. The van der Waals surface area contributed by atoms with E-state index in [0.717, 1.165) is 47.2 Å². The Morgan fingerprint density at radius 1 is 1.03 bits per heavy atom. The number of amides is 1. The lowest BCUT2D eigenvalue weighted by Gasteiger charge is -2.20. The number of thioether (sulfide) groups is 1. The molecule has 34 heavy (non-hydrogen) atoms. The third kappa shape index (κ3) is 6.02. The summed E-state index contributed by atoms with van der Waals surface area (Å²) >= 11 is 1.40. The standard InChI is InChI=1S/C25H32N4O4S/c1-6-7-15-29-24(18-11-13-20(31-3)14-12-18)26-27-25(29)34-17-22(30)28(2)16-19-9-8-10-21(32-4)23(19)33-5/h8-14H,6-7,15-17H2,1-5H3. The molecule has 0 spiro atoms. The Labute approximate surface area is 205 Å². The van der Waals surface area contributed by atoms with Crippen LogP contribution in [0.3, 0.4) is 0 Å². The van der Waals surface area contributed by atoms with E-state index in [1.54, 1.807) is 33.3 Å². The number of nitrogens with zero attached hydrogens (tertiary/aromatic N) is 4. The summed E-state index contributed by atoms with van der Waals surface area (Å²) in [5, 5.41) is 9.55. The number of hydrogen-bond donors (Lipinski definition) is 0. The van der Waals surface area contributed by atoms with E-state index in [4.69, 9.17) is 14.2 Å². The fourth-order valence-corrected chi connectivity index (χ4v) is 4.43. The fourth-order valence-electron chi connectivity index (χ4n) is 3.53. The van der Waals surface area contributed by atoms with Gasteiger partial charge >= 0.3 is 0 Å². The molecule has 0 fully saturated rings. The van der Waals surface area contributed by atoms with Crippen molar-refractivity contribution in [2.75, 3.05) is 34.1 Å². The molecule has 2 aromatic carbocycles. The zero-order chi connectivity index (χ0) is 24.5. The van der Waals surface area contributed by atoms with E-state index in [0.29, 0.717) is 18.0 Å². The molecular formula is C25H32N4O4S. The molecule has 9 heteroatoms. The predicted molar refractivity (Wildman–Crippen MR) is 134 cm³/mol. The highest BCUT2D eigenvalue weighted by Gasteiger charge is 2.19. The van der Waals surface area contributed by atoms with Gasteiger partial charge in [-0.25, -0.2) is 0 Å². The quantitative estimate of drug-likeness (QED) is 0.350. The van der Waals surface area contributed by atoms with Gasteiger partial charge in [0.2, 0.25) is 5.91 Å². The van der Waals surface area contributed by atoms with Crippen LogP contribution < -0.4 is 14.2 Å². The van der Waals surface area contributed by atoms with Crippen LogP contribution in [0.4, 0.5) is 0 Å². The summed E-state index contributed by atoms with van der Waals surface area (Å²) in [5.74, 6) is 3.12. The molecular weight excluding hydrogens is 452 g/mol. The molecule has 1 amide bonds. The fraction of sp³-hybridized carbons (Fsp3) is 0.400. The average molecular weight is 485 g/mol. The van der Waals surface area contributed by atoms with Gasteiger partial charge in [0.1, 0.15) is 5.75 Å². The molecule has 0 aliphatic rings. The molecule has 0 atom stereocenters. The van der Waals surface area contributed by atoms with Crippen molar-refractivity contribution in [3.8, 4) is 28.6 Å². The summed E-state index contributed by atoms with van der Waals surface area (Å²) in [7, 11) is 6.63. The van der Waals surface area contributed by atoms with E-state index in [1.807, 2.05) is 42.5 Å². The minimum atomic E-state index is -0.00841. The van der Waals surface area contributed by atoms with E-state index in [9.17, 15) is 4.79 Å². The van der Waals surface area contributed by atoms with Gasteiger partial charge in [-0.05, 0) is 36.8 Å². The van der Waals surface area contributed by atoms with Gasteiger partial charge in [0.05, 0.1) is 27.1 Å². The second kappa shape index (κ2) is 12.3. The molecule has 0 unspecified atom stereocenters. The van der Waals surface area contributed by atoms with Crippen molar-refractivity contribution in [2.24, 2.45) is 0 Å². The number of aromatic nitrogens is 3. The molecule has 0 aliphatic carbocycles. The van der Waals surface area contributed by atoms with Gasteiger partial charge in [0.15, 0.2) is 22.5 Å². The van der Waals surface area contributed by atoms with E-state index in [-0.39, 0.29) is 11.7 Å². The third-order valence-electron chi connectivity index (χ3n) is 5.44. The van der Waals surface area contributed by atoms with Gasteiger partial charge in [-0.1, -0.05) is 37.2 Å². The maximum Gasteiger partial charge on any atom is 0.233 e. The molecule has 0 saturated heterocycles. The summed E-state index contributed by atoms with van der Waals surface area (Å²) in [5.41, 5.74) is 1.85. The van der Waals surface area contributed by atoms with Crippen LogP contribution >= 0.6 is 11.8 Å². The Hall–Kier alpha value is -3.20. The molecule has 1 aromatic heterocycles. The molecule has 3 rings (SSSR count). The molecule has 8 nitrogen and oxygen atoms in total. The van der Waals surface area contributed by atoms with Gasteiger partial charge in [0.25, 0.3) is 0 Å². The van der Waals surface area contributed by atoms with E-state index in [1.165, 1.54) is 11.8 Å². The first-order valence-electron chi connectivity index (χ1n) is 11.2. The highest BCUT2D eigenvalue weighted by atomic mass is 32.2. The largest absolute Gasteiger partial charge is 0.497 e. The minimum absolute atomic E-state index is 0.00841. The smallest absolute Gasteiger partial charge is 0.233 e. The normalized spacial score (nSPS) is 10.7. The highest BCUT2D eigenvalue weighted by Crippen LogP contribution is 2.32. The Kier molecular flexibility index (Phi) is 9.21. The summed E-state index contributed by atoms with van der Waals surface area (Å²) in [6.07, 6.45) is 2.05. The lowest BCUT2D eigenvalue weighted by Crippen LogP contribution is -2.28. The molecule has 0 saturated carbocycles. The molecule has 0 radical (unpaired) electrons. The van der Waals surface area contributed by atoms with Crippen molar-refractivity contribution >= 4 is 17.7 Å². The summed E-state index contributed by atoms with van der Waals surface area (Å²) in [6.45, 7) is 3.35. The maximum absolute atomic E-state index is 12.9. The number of hydrogen-bond acceptors (Lipinski definition) is 7. The zero-order valence-corrected chi connectivity index (χ0v) is 21.2. The van der Waals surface area contributed by atoms with E-state index < -0.39 is 0 Å². The first-order valence-corrected chi connectivity index (χ1v) is 12.1. The molecule has 3 aromatic rings. The summed E-state index contributed by atoms with van der Waals surface area (Å²) in [4.78, 5) is 14.6. The van der Waals surface area contributed by atoms with Crippen LogP contribution in [-0.2, 0) is 17.9 Å². The Morgan fingerprint density at radius 2 is 1.79 bits per heavy atom. The first-order chi connectivity index (χ1) is 16.5. The lowest BCUT2D eigenvalue weighted by atomic mass is 10.1. The van der Waals surface area contributed by atoms with Crippen LogP contribution in [0.5, 0.6) is 17.2 Å².